The molecule has 0 spiro atoms. The summed E-state index contributed by atoms with van der Waals surface area (Å²) in [6, 6.07) is 20.5. The molecule has 30 heavy (non-hydrogen) atoms. The van der Waals surface area contributed by atoms with Gasteiger partial charge in [0.25, 0.3) is 0 Å². The topological polar surface area (TPSA) is 58.1 Å². The van der Waals surface area contributed by atoms with Gasteiger partial charge in [-0.05, 0) is 77.7 Å². The van der Waals surface area contributed by atoms with Crippen LogP contribution in [0, 0.1) is 16.4 Å². The van der Waals surface area contributed by atoms with Gasteiger partial charge in [-0.1, -0.05) is 36.4 Å². The van der Waals surface area contributed by atoms with Crippen LogP contribution in [0.4, 0.5) is 5.82 Å². The number of benzene rings is 2. The van der Waals surface area contributed by atoms with Gasteiger partial charge < -0.3 is 10.2 Å². The van der Waals surface area contributed by atoms with Gasteiger partial charge in [-0.3, -0.25) is 4.79 Å². The molecule has 1 fully saturated rings. The van der Waals surface area contributed by atoms with E-state index in [2.05, 4.69) is 86.3 Å². The number of nitrogens with zero attached hydrogens (tertiary/aromatic N) is 3. The quantitative estimate of drug-likeness (QED) is 0.509. The van der Waals surface area contributed by atoms with Crippen LogP contribution in [0.5, 0.6) is 0 Å². The molecule has 2 aromatic carbocycles. The third-order valence-electron chi connectivity index (χ3n) is 5.64. The summed E-state index contributed by atoms with van der Waals surface area (Å²) in [6.45, 7) is 4.31. The number of hydrogen-bond acceptors (Lipinski definition) is 4. The molecule has 1 aliphatic rings. The molecule has 5 nitrogen and oxygen atoms in total. The molecule has 4 rings (SSSR count). The number of anilines is 1. The predicted molar refractivity (Wildman–Crippen MR) is 128 cm³/mol. The van der Waals surface area contributed by atoms with Gasteiger partial charge in [0.1, 0.15) is 0 Å². The minimum absolute atomic E-state index is 0.0595. The molecule has 0 saturated carbocycles. The Balaban J connectivity index is 1.30. The van der Waals surface area contributed by atoms with Crippen LogP contribution in [0.1, 0.15) is 24.0 Å². The van der Waals surface area contributed by atoms with E-state index in [1.807, 2.05) is 24.3 Å². The third kappa shape index (κ3) is 4.98. The number of piperidine rings is 1. The van der Waals surface area contributed by atoms with Crippen LogP contribution >= 0.6 is 22.6 Å². The molecule has 0 radical (unpaired) electrons. The molecule has 1 aromatic heterocycles. The van der Waals surface area contributed by atoms with Crippen molar-refractivity contribution in [2.24, 2.45) is 5.92 Å². The zero-order valence-corrected chi connectivity index (χ0v) is 19.2. The zero-order valence-electron chi connectivity index (χ0n) is 17.0. The van der Waals surface area contributed by atoms with E-state index in [4.69, 9.17) is 0 Å². The smallest absolute Gasteiger partial charge is 0.223 e. The summed E-state index contributed by atoms with van der Waals surface area (Å²) in [5, 5.41) is 12.0. The van der Waals surface area contributed by atoms with Gasteiger partial charge in [0, 0.05) is 34.7 Å². The van der Waals surface area contributed by atoms with E-state index in [1.165, 1.54) is 9.13 Å². The van der Waals surface area contributed by atoms with Gasteiger partial charge in [0.2, 0.25) is 5.91 Å². The van der Waals surface area contributed by atoms with Crippen LogP contribution in [-0.4, -0.2) is 29.2 Å². The normalized spacial score (nSPS) is 14.5. The van der Waals surface area contributed by atoms with Crippen LogP contribution in [0.15, 0.2) is 60.7 Å². The Labute approximate surface area is 191 Å². The van der Waals surface area contributed by atoms with Gasteiger partial charge in [-0.15, -0.1) is 10.2 Å². The number of carbonyl (C=O) groups excluding carboxylic acids is 1. The Hall–Kier alpha value is -2.48. The molecule has 1 amide bonds. The number of aromatic nitrogens is 2. The highest BCUT2D eigenvalue weighted by atomic mass is 127. The van der Waals surface area contributed by atoms with E-state index in [-0.39, 0.29) is 11.8 Å². The fourth-order valence-corrected chi connectivity index (χ4v) is 4.16. The predicted octanol–water partition coefficient (Wildman–Crippen LogP) is 4.59. The minimum Gasteiger partial charge on any atom is -0.355 e. The molecule has 3 aromatic rings. The van der Waals surface area contributed by atoms with Crippen molar-refractivity contribution in [2.75, 3.05) is 18.0 Å². The Morgan fingerprint density at radius 1 is 1.03 bits per heavy atom. The lowest BCUT2D eigenvalue weighted by atomic mass is 9.96. The first-order valence-electron chi connectivity index (χ1n) is 10.3. The molecule has 0 atom stereocenters. The summed E-state index contributed by atoms with van der Waals surface area (Å²) in [5.74, 6) is 1.09. The van der Waals surface area contributed by atoms with Gasteiger partial charge in [-0.2, -0.15) is 0 Å². The van der Waals surface area contributed by atoms with Crippen LogP contribution in [0.25, 0.3) is 11.3 Å². The average molecular weight is 512 g/mol. The highest BCUT2D eigenvalue weighted by Crippen LogP contribution is 2.25. The first-order valence-corrected chi connectivity index (χ1v) is 11.3. The van der Waals surface area contributed by atoms with Gasteiger partial charge in [0.15, 0.2) is 5.82 Å². The second kappa shape index (κ2) is 9.55. The van der Waals surface area contributed by atoms with Gasteiger partial charge >= 0.3 is 0 Å². The van der Waals surface area contributed by atoms with Crippen LogP contribution in [0.2, 0.25) is 0 Å². The Morgan fingerprint density at radius 2 is 1.77 bits per heavy atom. The van der Waals surface area contributed by atoms with E-state index in [1.54, 1.807) is 0 Å². The molecule has 2 heterocycles. The SMILES string of the molecule is Cc1ccccc1-c1ccc(N2CCC(C(=O)NCc3ccc(I)cc3)CC2)nn1. The number of hydrogen-bond donors (Lipinski definition) is 1. The van der Waals surface area contributed by atoms with Crippen molar-refractivity contribution < 1.29 is 4.79 Å². The molecular formula is C24H25IN4O. The van der Waals surface area contributed by atoms with Crippen molar-refractivity contribution in [1.82, 2.24) is 15.5 Å². The molecule has 0 unspecified atom stereocenters. The van der Waals surface area contributed by atoms with E-state index in [0.717, 1.165) is 48.6 Å². The fraction of sp³-hybridized carbons (Fsp3) is 0.292. The largest absolute Gasteiger partial charge is 0.355 e. The first kappa shape index (κ1) is 20.8. The summed E-state index contributed by atoms with van der Waals surface area (Å²) >= 11 is 2.28. The van der Waals surface area contributed by atoms with Crippen molar-refractivity contribution in [2.45, 2.75) is 26.3 Å². The number of amides is 1. The highest BCUT2D eigenvalue weighted by Gasteiger charge is 2.25. The molecule has 1 N–H and O–H groups in total. The molecule has 154 valence electrons. The van der Waals surface area contributed by atoms with Crippen molar-refractivity contribution >= 4 is 34.3 Å². The Bertz CT molecular complexity index is 996. The lowest BCUT2D eigenvalue weighted by Gasteiger charge is -2.31. The van der Waals surface area contributed by atoms with Crippen molar-refractivity contribution in [1.29, 1.82) is 0 Å². The standard InChI is InChI=1S/C24H25IN4O/c1-17-4-2-3-5-21(17)22-10-11-23(28-27-22)29-14-12-19(13-15-29)24(30)26-16-18-6-8-20(25)9-7-18/h2-11,19H,12-16H2,1H3,(H,26,30). The third-order valence-corrected chi connectivity index (χ3v) is 6.36. The van der Waals surface area contributed by atoms with Crippen LogP contribution in [-0.2, 0) is 11.3 Å². The van der Waals surface area contributed by atoms with Gasteiger partial charge in [-0.25, -0.2) is 0 Å². The van der Waals surface area contributed by atoms with Gasteiger partial charge in [0.05, 0.1) is 5.69 Å². The minimum atomic E-state index is 0.0595. The summed E-state index contributed by atoms with van der Waals surface area (Å²) in [6.07, 6.45) is 1.67. The molecular weight excluding hydrogens is 487 g/mol. The first-order chi connectivity index (χ1) is 14.6. The molecule has 6 heteroatoms. The molecule has 1 saturated heterocycles. The summed E-state index contributed by atoms with van der Waals surface area (Å²) in [4.78, 5) is 14.8. The monoisotopic (exact) mass is 512 g/mol. The van der Waals surface area contributed by atoms with E-state index < -0.39 is 0 Å². The molecule has 0 aliphatic carbocycles. The maximum atomic E-state index is 12.6. The zero-order chi connectivity index (χ0) is 20.9. The van der Waals surface area contributed by atoms with Crippen LogP contribution in [0.3, 0.4) is 0 Å². The second-order valence-corrected chi connectivity index (χ2v) is 8.94. The fourth-order valence-electron chi connectivity index (χ4n) is 3.80. The van der Waals surface area contributed by atoms with Crippen molar-refractivity contribution in [3.05, 3.63) is 75.4 Å². The lowest BCUT2D eigenvalue weighted by Crippen LogP contribution is -2.40. The molecule has 1 aliphatic heterocycles. The second-order valence-electron chi connectivity index (χ2n) is 7.70. The number of carbonyl (C=O) groups is 1. The van der Waals surface area contributed by atoms with Crippen molar-refractivity contribution in [3.8, 4) is 11.3 Å². The maximum Gasteiger partial charge on any atom is 0.223 e. The molecule has 0 bridgehead atoms. The Kier molecular flexibility index (Phi) is 6.62. The number of rotatable bonds is 5. The Morgan fingerprint density at radius 3 is 2.43 bits per heavy atom. The maximum absolute atomic E-state index is 12.6. The van der Waals surface area contributed by atoms with Crippen LogP contribution < -0.4 is 10.2 Å². The lowest BCUT2D eigenvalue weighted by molar-refractivity contribution is -0.125. The van der Waals surface area contributed by atoms with E-state index in [9.17, 15) is 4.79 Å². The number of aryl methyl sites for hydroxylation is 1. The number of nitrogens with one attached hydrogen (secondary N) is 1. The van der Waals surface area contributed by atoms with E-state index in [0.29, 0.717) is 6.54 Å². The average Bonchev–Trinajstić information content (AvgIpc) is 2.79. The van der Waals surface area contributed by atoms with E-state index >= 15 is 0 Å². The number of halogens is 1. The highest BCUT2D eigenvalue weighted by molar-refractivity contribution is 14.1. The summed E-state index contributed by atoms with van der Waals surface area (Å²) < 4.78 is 1.20. The summed E-state index contributed by atoms with van der Waals surface area (Å²) in [7, 11) is 0. The van der Waals surface area contributed by atoms with Crippen molar-refractivity contribution in [3.63, 3.8) is 0 Å². The summed E-state index contributed by atoms with van der Waals surface area (Å²) in [5.41, 5.74) is 4.32.